The molecule has 84 valence electrons. The van der Waals surface area contributed by atoms with E-state index in [1.54, 1.807) is 6.26 Å². The first-order valence-corrected chi connectivity index (χ1v) is 5.05. The molecule has 4 nitrogen and oxygen atoms in total. The largest absolute Gasteiger partial charge is 0.469 e. The van der Waals surface area contributed by atoms with Gasteiger partial charge in [-0.25, -0.2) is 0 Å². The summed E-state index contributed by atoms with van der Waals surface area (Å²) in [5, 5.41) is 2.78. The lowest BCUT2D eigenvalue weighted by atomic mass is 10.1. The molecule has 0 radical (unpaired) electrons. The monoisotopic (exact) mass is 210 g/mol. The van der Waals surface area contributed by atoms with Gasteiger partial charge in [0.2, 0.25) is 5.91 Å². The molecule has 1 aromatic rings. The van der Waals surface area contributed by atoms with Crippen LogP contribution < -0.4 is 11.1 Å². The maximum atomic E-state index is 11.4. The predicted octanol–water partition coefficient (Wildman–Crippen LogP) is 1.07. The van der Waals surface area contributed by atoms with Crippen molar-refractivity contribution in [3.8, 4) is 0 Å². The molecule has 15 heavy (non-hydrogen) atoms. The van der Waals surface area contributed by atoms with Crippen molar-refractivity contribution in [1.82, 2.24) is 5.32 Å². The van der Waals surface area contributed by atoms with E-state index in [-0.39, 0.29) is 11.4 Å². The fraction of sp³-hybridized carbons (Fsp3) is 0.545. The Morgan fingerprint density at radius 3 is 2.87 bits per heavy atom. The van der Waals surface area contributed by atoms with E-state index in [2.05, 4.69) is 5.32 Å². The number of furan rings is 1. The third kappa shape index (κ3) is 5.22. The highest BCUT2D eigenvalue weighted by Gasteiger charge is 2.12. The van der Waals surface area contributed by atoms with Gasteiger partial charge in [-0.15, -0.1) is 0 Å². The highest BCUT2D eigenvalue weighted by Crippen LogP contribution is 2.03. The first kappa shape index (κ1) is 11.8. The summed E-state index contributed by atoms with van der Waals surface area (Å²) >= 11 is 0. The zero-order chi connectivity index (χ0) is 11.3. The van der Waals surface area contributed by atoms with Crippen molar-refractivity contribution in [2.24, 2.45) is 5.73 Å². The SMILES string of the molecule is CC(C)(N)CNC(=O)CCc1ccco1. The maximum absolute atomic E-state index is 11.4. The van der Waals surface area contributed by atoms with Crippen LogP contribution in [0.2, 0.25) is 0 Å². The molecule has 1 amide bonds. The Morgan fingerprint density at radius 2 is 2.33 bits per heavy atom. The second-order valence-electron chi connectivity index (χ2n) is 4.34. The van der Waals surface area contributed by atoms with Crippen molar-refractivity contribution in [1.29, 1.82) is 0 Å². The van der Waals surface area contributed by atoms with Gasteiger partial charge in [-0.05, 0) is 26.0 Å². The highest BCUT2D eigenvalue weighted by molar-refractivity contribution is 5.76. The van der Waals surface area contributed by atoms with Crippen molar-refractivity contribution >= 4 is 5.91 Å². The third-order valence-corrected chi connectivity index (χ3v) is 1.92. The molecule has 0 bridgehead atoms. The van der Waals surface area contributed by atoms with E-state index in [4.69, 9.17) is 10.2 Å². The van der Waals surface area contributed by atoms with Crippen LogP contribution in [0.3, 0.4) is 0 Å². The minimum atomic E-state index is -0.361. The summed E-state index contributed by atoms with van der Waals surface area (Å²) in [7, 11) is 0. The molecule has 0 atom stereocenters. The molecule has 1 heterocycles. The Kier molecular flexibility index (Phi) is 3.91. The van der Waals surface area contributed by atoms with Crippen LogP contribution in [0.25, 0.3) is 0 Å². The molecule has 0 spiro atoms. The Hall–Kier alpha value is -1.29. The van der Waals surface area contributed by atoms with Gasteiger partial charge in [0, 0.05) is 24.9 Å². The molecule has 0 aromatic carbocycles. The van der Waals surface area contributed by atoms with Crippen molar-refractivity contribution in [3.05, 3.63) is 24.2 Å². The summed E-state index contributed by atoms with van der Waals surface area (Å²) in [6, 6.07) is 3.68. The van der Waals surface area contributed by atoms with Crippen LogP contribution in [-0.2, 0) is 11.2 Å². The van der Waals surface area contributed by atoms with Gasteiger partial charge in [0.05, 0.1) is 6.26 Å². The predicted molar refractivity (Wildman–Crippen MR) is 58.3 cm³/mol. The fourth-order valence-corrected chi connectivity index (χ4v) is 1.11. The number of hydrogen-bond acceptors (Lipinski definition) is 3. The molecule has 1 aromatic heterocycles. The van der Waals surface area contributed by atoms with Crippen molar-refractivity contribution in [2.75, 3.05) is 6.54 Å². The molecule has 3 N–H and O–H groups in total. The summed E-state index contributed by atoms with van der Waals surface area (Å²) in [5.41, 5.74) is 5.38. The second-order valence-corrected chi connectivity index (χ2v) is 4.34. The van der Waals surface area contributed by atoms with E-state index in [9.17, 15) is 4.79 Å². The number of nitrogens with one attached hydrogen (secondary N) is 1. The number of hydrogen-bond donors (Lipinski definition) is 2. The van der Waals surface area contributed by atoms with Crippen molar-refractivity contribution in [2.45, 2.75) is 32.2 Å². The summed E-state index contributed by atoms with van der Waals surface area (Å²) in [5.74, 6) is 0.835. The van der Waals surface area contributed by atoms with Crippen LogP contribution in [-0.4, -0.2) is 18.0 Å². The van der Waals surface area contributed by atoms with Crippen LogP contribution in [0.4, 0.5) is 0 Å². The Balaban J connectivity index is 2.20. The number of rotatable bonds is 5. The van der Waals surface area contributed by atoms with Crippen LogP contribution in [0, 0.1) is 0 Å². The molecule has 0 aliphatic carbocycles. The van der Waals surface area contributed by atoms with E-state index in [1.165, 1.54) is 0 Å². The summed E-state index contributed by atoms with van der Waals surface area (Å²) in [6.07, 6.45) is 2.67. The summed E-state index contributed by atoms with van der Waals surface area (Å²) in [6.45, 7) is 4.24. The third-order valence-electron chi connectivity index (χ3n) is 1.92. The molecule has 0 unspecified atom stereocenters. The van der Waals surface area contributed by atoms with Crippen molar-refractivity contribution < 1.29 is 9.21 Å². The van der Waals surface area contributed by atoms with E-state index >= 15 is 0 Å². The van der Waals surface area contributed by atoms with Gasteiger partial charge in [-0.1, -0.05) is 0 Å². The minimum Gasteiger partial charge on any atom is -0.469 e. The number of carbonyl (C=O) groups is 1. The van der Waals surface area contributed by atoms with E-state index < -0.39 is 0 Å². The van der Waals surface area contributed by atoms with Gasteiger partial charge in [0.25, 0.3) is 0 Å². The molecular weight excluding hydrogens is 192 g/mol. The van der Waals surface area contributed by atoms with E-state index in [1.807, 2.05) is 26.0 Å². The van der Waals surface area contributed by atoms with Gasteiger partial charge < -0.3 is 15.5 Å². The molecule has 0 aliphatic heterocycles. The molecular formula is C11H18N2O2. The number of amides is 1. The van der Waals surface area contributed by atoms with Crippen LogP contribution in [0.15, 0.2) is 22.8 Å². The van der Waals surface area contributed by atoms with Crippen LogP contribution in [0.5, 0.6) is 0 Å². The maximum Gasteiger partial charge on any atom is 0.220 e. The zero-order valence-corrected chi connectivity index (χ0v) is 9.25. The summed E-state index contributed by atoms with van der Waals surface area (Å²) < 4.78 is 5.12. The molecule has 0 saturated heterocycles. The Bertz CT molecular complexity index is 299. The molecule has 0 aliphatic rings. The molecule has 4 heteroatoms. The number of nitrogens with two attached hydrogens (primary N) is 1. The van der Waals surface area contributed by atoms with Gasteiger partial charge in [-0.3, -0.25) is 4.79 Å². The number of carbonyl (C=O) groups excluding carboxylic acids is 1. The average molecular weight is 210 g/mol. The fourth-order valence-electron chi connectivity index (χ4n) is 1.11. The van der Waals surface area contributed by atoms with Gasteiger partial charge in [0.1, 0.15) is 5.76 Å². The molecule has 1 rings (SSSR count). The molecule has 0 saturated carbocycles. The standard InChI is InChI=1S/C11H18N2O2/c1-11(2,12)8-13-10(14)6-5-9-4-3-7-15-9/h3-4,7H,5-6,8,12H2,1-2H3,(H,13,14). The van der Waals surface area contributed by atoms with Gasteiger partial charge in [-0.2, -0.15) is 0 Å². The quantitative estimate of drug-likeness (QED) is 0.763. The molecule has 0 fully saturated rings. The first-order chi connectivity index (χ1) is 6.97. The average Bonchev–Trinajstić information content (AvgIpc) is 2.62. The lowest BCUT2D eigenvalue weighted by Crippen LogP contribution is -2.45. The lowest BCUT2D eigenvalue weighted by molar-refractivity contribution is -0.121. The lowest BCUT2D eigenvalue weighted by Gasteiger charge is -2.18. The Labute approximate surface area is 89.8 Å². The van der Waals surface area contributed by atoms with Gasteiger partial charge in [0.15, 0.2) is 0 Å². The number of aryl methyl sites for hydroxylation is 1. The van der Waals surface area contributed by atoms with Gasteiger partial charge >= 0.3 is 0 Å². The second kappa shape index (κ2) is 4.98. The Morgan fingerprint density at radius 1 is 1.60 bits per heavy atom. The van der Waals surface area contributed by atoms with Crippen molar-refractivity contribution in [3.63, 3.8) is 0 Å². The zero-order valence-electron chi connectivity index (χ0n) is 9.25. The first-order valence-electron chi connectivity index (χ1n) is 5.05. The minimum absolute atomic E-state index is 0.00456. The normalized spacial score (nSPS) is 11.4. The van der Waals surface area contributed by atoms with E-state index in [0.717, 1.165) is 5.76 Å². The van der Waals surface area contributed by atoms with Crippen LogP contribution >= 0.6 is 0 Å². The topological polar surface area (TPSA) is 68.3 Å². The highest BCUT2D eigenvalue weighted by atomic mass is 16.3. The smallest absolute Gasteiger partial charge is 0.220 e. The summed E-state index contributed by atoms with van der Waals surface area (Å²) in [4.78, 5) is 11.4. The van der Waals surface area contributed by atoms with E-state index in [0.29, 0.717) is 19.4 Å². The van der Waals surface area contributed by atoms with Crippen LogP contribution in [0.1, 0.15) is 26.0 Å².